The minimum Gasteiger partial charge on any atom is -0.399 e. The summed E-state index contributed by atoms with van der Waals surface area (Å²) in [4.78, 5) is 55.2. The first-order valence-corrected chi connectivity index (χ1v) is 40.8. The van der Waals surface area contributed by atoms with Crippen LogP contribution in [0.2, 0.25) is 0 Å². The first-order valence-electron chi connectivity index (χ1n) is 37.6. The Kier molecular flexibility index (Phi) is 26.9. The molecule has 0 atom stereocenters. The molecule has 21 nitrogen and oxygen atoms in total. The fraction of sp³-hybridized carbons (Fsp3) is 0.109. The molecule has 0 bridgehead atoms. The largest absolute Gasteiger partial charge is 0.494 e. The van der Waals surface area contributed by atoms with Gasteiger partial charge in [-0.15, -0.1) is 0 Å². The van der Waals surface area contributed by atoms with Crippen molar-refractivity contribution in [3.63, 3.8) is 0 Å². The predicted molar refractivity (Wildman–Crippen MR) is 490 cm³/mol. The van der Waals surface area contributed by atoms with E-state index >= 15 is 0 Å². The molecule has 0 aliphatic carbocycles. The van der Waals surface area contributed by atoms with Crippen molar-refractivity contribution >= 4 is 149 Å². The first-order chi connectivity index (χ1) is 58.4. The number of halogens is 8. The summed E-state index contributed by atoms with van der Waals surface area (Å²) in [6.07, 6.45) is 6.20. The molecule has 1 saturated heterocycles. The third-order valence-corrected chi connectivity index (χ3v) is 23.2. The lowest BCUT2D eigenvalue weighted by atomic mass is 9.78. The van der Waals surface area contributed by atoms with Gasteiger partial charge in [0.15, 0.2) is 0 Å². The number of nitrogens with two attached hydrogens (primary N) is 5. The van der Waals surface area contributed by atoms with E-state index in [1.807, 2.05) is 119 Å². The maximum Gasteiger partial charge on any atom is 0.494 e. The fourth-order valence-corrected chi connectivity index (χ4v) is 14.3. The summed E-state index contributed by atoms with van der Waals surface area (Å²) < 4.78 is 71.8. The van der Waals surface area contributed by atoms with Gasteiger partial charge in [-0.1, -0.05) is 78.9 Å². The van der Waals surface area contributed by atoms with Gasteiger partial charge in [-0.25, -0.2) is 82.4 Å². The van der Waals surface area contributed by atoms with Gasteiger partial charge in [0, 0.05) is 87.7 Å². The molecule has 0 amide bonds. The van der Waals surface area contributed by atoms with Crippen LogP contribution >= 0.6 is 63.7 Å². The highest BCUT2D eigenvalue weighted by Gasteiger charge is 2.51. The Morgan fingerprint density at radius 3 is 1.09 bits per heavy atom. The van der Waals surface area contributed by atoms with E-state index in [0.717, 1.165) is 113 Å². The second-order valence-corrected chi connectivity index (χ2v) is 32.0. The summed E-state index contributed by atoms with van der Waals surface area (Å²) in [5.74, 6) is 0.230. The highest BCUT2D eigenvalue weighted by Crippen LogP contribution is 2.42. The molecule has 30 heteroatoms. The Labute approximate surface area is 733 Å². The van der Waals surface area contributed by atoms with Crippen LogP contribution in [-0.2, 0) is 9.31 Å². The van der Waals surface area contributed by atoms with E-state index in [4.69, 9.17) is 38.0 Å². The van der Waals surface area contributed by atoms with E-state index in [2.05, 4.69) is 162 Å². The zero-order valence-electron chi connectivity index (χ0n) is 66.7. The summed E-state index contributed by atoms with van der Waals surface area (Å²) in [6.45, 7) is 16.0. The topological polar surface area (TPSA) is 340 Å². The van der Waals surface area contributed by atoms with Crippen molar-refractivity contribution < 1.29 is 26.9 Å². The SMILES string of the molecule is Cc1ncnc2ccc(-c3cc(Br)c(N)nc3-c3ccccc3F)cc12.Cc1ncnc2ccc(-c3cc(C#N)c(N)nc3-c3ccccc3F)cc12.Cc1ncnc2ccc(-c3ccc(N)nc3-c3ccccc3F)cc12.Cc1ncnc2ccc(B3OC(C)(C)C(C)(C)O3)cc12.Nc1ccc(Br)c(-c2ccccc2F)n1.Nc1ccc(Br)c(Br)n1. The molecule has 1 fully saturated rings. The van der Waals surface area contributed by atoms with Crippen molar-refractivity contribution in [3.05, 3.63) is 313 Å². The Morgan fingerprint density at radius 2 is 0.680 bits per heavy atom. The Balaban J connectivity index is 0.000000129. The van der Waals surface area contributed by atoms with E-state index < -0.39 is 5.82 Å². The van der Waals surface area contributed by atoms with Gasteiger partial charge in [0.05, 0.1) is 70.6 Å². The number of anilines is 5. The highest BCUT2D eigenvalue weighted by molar-refractivity contribution is 9.13. The van der Waals surface area contributed by atoms with E-state index in [1.165, 1.54) is 30.6 Å². The Bertz CT molecular complexity index is 6860. The van der Waals surface area contributed by atoms with E-state index in [-0.39, 0.29) is 47.2 Å². The molecule has 608 valence electrons. The molecular weight excluding hydrogens is 1810 g/mol. The lowest BCUT2D eigenvalue weighted by Gasteiger charge is -2.32. The molecule has 0 spiro atoms. The van der Waals surface area contributed by atoms with Gasteiger partial charge >= 0.3 is 7.12 Å². The molecule has 0 saturated carbocycles. The smallest absolute Gasteiger partial charge is 0.399 e. The average Bonchev–Trinajstić information content (AvgIpc) is 1.55. The van der Waals surface area contributed by atoms with Crippen LogP contribution in [0.1, 0.15) is 56.0 Å². The van der Waals surface area contributed by atoms with Gasteiger partial charge in [-0.2, -0.15) is 5.26 Å². The van der Waals surface area contributed by atoms with Crippen molar-refractivity contribution in [1.82, 2.24) is 64.8 Å². The van der Waals surface area contributed by atoms with E-state index in [9.17, 15) is 22.8 Å². The van der Waals surface area contributed by atoms with Crippen LogP contribution < -0.4 is 34.1 Å². The quantitative estimate of drug-likeness (QED) is 0.0536. The minimum absolute atomic E-state index is 0.0693. The number of hydrogen-bond donors (Lipinski definition) is 5. The number of nitrogens with zero attached hydrogens (tertiary/aromatic N) is 14. The van der Waals surface area contributed by atoms with Crippen molar-refractivity contribution in [3.8, 4) is 84.5 Å². The summed E-state index contributed by atoms with van der Waals surface area (Å²) in [5, 5.41) is 13.2. The van der Waals surface area contributed by atoms with Crippen molar-refractivity contribution in [1.29, 1.82) is 5.26 Å². The number of aromatic nitrogens is 13. The summed E-state index contributed by atoms with van der Waals surface area (Å²) >= 11 is 13.2. The van der Waals surface area contributed by atoms with Gasteiger partial charge in [0.2, 0.25) is 0 Å². The average molecular weight is 1880 g/mol. The number of benzene rings is 8. The van der Waals surface area contributed by atoms with Gasteiger partial charge < -0.3 is 38.0 Å². The number of hydrogen-bond acceptors (Lipinski definition) is 21. The van der Waals surface area contributed by atoms with Crippen molar-refractivity contribution in [2.24, 2.45) is 0 Å². The lowest BCUT2D eigenvalue weighted by molar-refractivity contribution is 0.00578. The molecule has 17 aromatic rings. The van der Waals surface area contributed by atoms with Gasteiger partial charge in [0.1, 0.15) is 88.3 Å². The number of nitriles is 1. The van der Waals surface area contributed by atoms with Gasteiger partial charge in [-0.3, -0.25) is 0 Å². The number of nitrogen functional groups attached to an aromatic ring is 5. The first kappa shape index (κ1) is 86.8. The van der Waals surface area contributed by atoms with Gasteiger partial charge in [0.25, 0.3) is 0 Å². The number of aryl methyl sites for hydroxylation is 4. The maximum absolute atomic E-state index is 14.4. The maximum atomic E-state index is 14.4. The molecule has 10 N–H and O–H groups in total. The van der Waals surface area contributed by atoms with Crippen LogP contribution in [0.15, 0.2) is 262 Å². The van der Waals surface area contributed by atoms with Gasteiger partial charge in [-0.05, 0) is 281 Å². The molecule has 0 unspecified atom stereocenters. The van der Waals surface area contributed by atoms with Crippen LogP contribution in [0.5, 0.6) is 0 Å². The zero-order chi connectivity index (χ0) is 86.8. The number of rotatable bonds is 8. The van der Waals surface area contributed by atoms with Crippen LogP contribution in [0.3, 0.4) is 0 Å². The lowest BCUT2D eigenvalue weighted by Crippen LogP contribution is -2.41. The second kappa shape index (κ2) is 37.7. The molecule has 1 aliphatic rings. The normalized spacial score (nSPS) is 12.3. The molecule has 0 radical (unpaired) electrons. The summed E-state index contributed by atoms with van der Waals surface area (Å²) in [5.41, 5.74) is 44.6. The zero-order valence-corrected chi connectivity index (χ0v) is 73.0. The minimum atomic E-state index is -0.407. The molecule has 10 heterocycles. The Hall–Kier alpha value is -13.0. The van der Waals surface area contributed by atoms with E-state index in [1.54, 1.807) is 122 Å². The summed E-state index contributed by atoms with van der Waals surface area (Å²) in [6, 6.07) is 65.5. The fourth-order valence-electron chi connectivity index (χ4n) is 13.0. The monoisotopic (exact) mass is 1880 g/mol. The van der Waals surface area contributed by atoms with Crippen LogP contribution in [0, 0.1) is 62.3 Å². The third-order valence-electron chi connectivity index (χ3n) is 20.1. The molecule has 18 rings (SSSR count). The molecular formula is C92H74BBr4F4N19O2. The summed E-state index contributed by atoms with van der Waals surface area (Å²) in [7, 11) is -0.344. The molecule has 1 aliphatic heterocycles. The molecule has 9 aromatic heterocycles. The number of fused-ring (bicyclic) bond motifs is 4. The molecule has 122 heavy (non-hydrogen) atoms. The second-order valence-electron chi connectivity index (χ2n) is 28.7. The third kappa shape index (κ3) is 19.7. The standard InChI is InChI=1S/C21H14FN5.C20H14BrFN4.C20H15FN4.C15H19BN2O2.C11H8BrFN2.C5H4Br2N2/c1-12-16-8-13(6-7-19(16)26-11-25-12)17-9-14(10-23)21(24)27-20(17)15-4-2-3-5-18(15)22;1-11-14-8-12(6-7-18(14)25-10-24-11)15-9-16(21)20(23)26-19(15)13-4-2-3-5-17(13)22;1-12-16-10-13(6-8-18(16)24-11-23-12)14-7-9-19(22)25-20(14)15-4-2-3-5-17(15)21;1-10-12-8-11(6-7-13(12)18-9-17-10)16-19-14(2,3)15(4,5)20-16;12-8-5-6-10(14)15-11(8)7-3-1-2-4-9(7)13;6-3-1-2-4(8)9-5(3)7/h2-9,11H,1H3,(H2,24,27);2-10H,1H3,(H2,23,26);2-11H,1H3,(H2,22,25);6-9H,1-5H3;1-6H,(H2,14,15);1-2H,(H2,8,9). The highest BCUT2D eigenvalue weighted by atomic mass is 79.9. The van der Waals surface area contributed by atoms with Crippen molar-refractivity contribution in [2.75, 3.05) is 28.7 Å². The Morgan fingerprint density at radius 1 is 0.336 bits per heavy atom. The van der Waals surface area contributed by atoms with Crippen molar-refractivity contribution in [2.45, 2.75) is 66.6 Å². The van der Waals surface area contributed by atoms with Crippen LogP contribution in [0.4, 0.5) is 46.7 Å². The van der Waals surface area contributed by atoms with E-state index in [0.29, 0.717) is 78.3 Å². The predicted octanol–water partition coefficient (Wildman–Crippen LogP) is 21.5. The van der Waals surface area contributed by atoms with Crippen LogP contribution in [-0.4, -0.2) is 83.1 Å². The van der Waals surface area contributed by atoms with Crippen LogP contribution in [0.25, 0.3) is 122 Å². The molecule has 8 aromatic carbocycles. The number of pyridine rings is 5.